The summed E-state index contributed by atoms with van der Waals surface area (Å²) in [6, 6.07) is 7.05. The van der Waals surface area contributed by atoms with Crippen LogP contribution in [0.4, 0.5) is 37.7 Å². The average Bonchev–Trinajstić information content (AvgIpc) is 2.66. The van der Waals surface area contributed by atoms with E-state index in [1.54, 1.807) is 0 Å². The zero-order valence-corrected chi connectivity index (χ0v) is 15.1. The molecule has 0 bridgehead atoms. The van der Waals surface area contributed by atoms with E-state index in [1.807, 2.05) is 0 Å². The Morgan fingerprint density at radius 3 is 1.40 bits per heavy atom. The number of rotatable bonds is 4. The number of alkyl halides is 6. The number of ether oxygens (including phenoxy) is 2. The molecule has 0 spiro atoms. The molecule has 0 unspecified atom stereocenters. The van der Waals surface area contributed by atoms with Crippen LogP contribution in [0.3, 0.4) is 0 Å². The molecule has 2 aromatic carbocycles. The molecule has 12 heteroatoms. The Morgan fingerprint density at radius 2 is 1.07 bits per heavy atom. The first-order valence-electron chi connectivity index (χ1n) is 8.52. The summed E-state index contributed by atoms with van der Waals surface area (Å²) in [6.45, 7) is -3.05. The Bertz CT molecular complexity index is 895. The number of fused-ring (bicyclic) bond motifs is 2. The summed E-state index contributed by atoms with van der Waals surface area (Å²) in [4.78, 5) is 0.0220. The van der Waals surface area contributed by atoms with Crippen molar-refractivity contribution in [2.75, 3.05) is 13.2 Å². The largest absolute Gasteiger partial charge is 0.561 e. The van der Waals surface area contributed by atoms with Gasteiger partial charge in [0.1, 0.15) is 11.5 Å². The fourth-order valence-corrected chi connectivity index (χ4v) is 2.87. The molecule has 0 radical (unpaired) electrons. The molecule has 3 rings (SSSR count). The van der Waals surface area contributed by atoms with E-state index in [0.29, 0.717) is 0 Å². The van der Waals surface area contributed by atoms with Crippen molar-refractivity contribution >= 4 is 11.4 Å². The van der Waals surface area contributed by atoms with E-state index in [2.05, 4.69) is 9.47 Å². The highest BCUT2D eigenvalue weighted by atomic mass is 19.4. The van der Waals surface area contributed by atoms with Gasteiger partial charge in [-0.3, -0.25) is 0 Å². The Labute approximate surface area is 165 Å². The molecule has 6 nitrogen and oxygen atoms in total. The van der Waals surface area contributed by atoms with Gasteiger partial charge in [0, 0.05) is 23.3 Å². The molecule has 2 aromatic rings. The average molecular weight is 436 g/mol. The molecular weight excluding hydrogens is 422 g/mol. The van der Waals surface area contributed by atoms with Gasteiger partial charge in [0.25, 0.3) is 11.4 Å². The zero-order valence-electron chi connectivity index (χ0n) is 15.1. The molecule has 30 heavy (non-hydrogen) atoms. The van der Waals surface area contributed by atoms with Gasteiger partial charge in [0.2, 0.25) is 0 Å². The van der Waals surface area contributed by atoms with Crippen molar-refractivity contribution in [1.29, 1.82) is 0 Å². The zero-order chi connectivity index (χ0) is 22.1. The molecule has 0 N–H and O–H groups in total. The molecule has 0 aliphatic carbocycles. The van der Waals surface area contributed by atoms with Gasteiger partial charge in [-0.1, -0.05) is 0 Å². The predicted octanol–water partition coefficient (Wildman–Crippen LogP) is 5.10. The van der Waals surface area contributed by atoms with Crippen LogP contribution in [0.2, 0.25) is 0 Å². The Balaban J connectivity index is 1.91. The molecule has 1 aliphatic heterocycles. The smallest absolute Gasteiger partial charge is 0.422 e. The van der Waals surface area contributed by atoms with Crippen molar-refractivity contribution in [2.45, 2.75) is 25.2 Å². The fraction of sp³-hybridized carbons (Fsp3) is 0.333. The minimum atomic E-state index is -4.55. The summed E-state index contributed by atoms with van der Waals surface area (Å²) in [5.74, 6) is -0.278. The summed E-state index contributed by atoms with van der Waals surface area (Å²) in [5.41, 5.74) is 0.343. The van der Waals surface area contributed by atoms with E-state index >= 15 is 0 Å². The van der Waals surface area contributed by atoms with Crippen LogP contribution in [-0.4, -0.2) is 35.3 Å². The fourth-order valence-electron chi connectivity index (χ4n) is 2.87. The van der Waals surface area contributed by atoms with Crippen LogP contribution < -0.4 is 9.47 Å². The molecular formula is C18H14F6N2O4. The van der Waals surface area contributed by atoms with Crippen LogP contribution in [-0.2, 0) is 12.8 Å². The van der Waals surface area contributed by atoms with Gasteiger partial charge in [-0.25, -0.2) is 0 Å². The maximum absolute atomic E-state index is 12.5. The van der Waals surface area contributed by atoms with Gasteiger partial charge in [0.05, 0.1) is 9.72 Å². The van der Waals surface area contributed by atoms with Gasteiger partial charge in [-0.2, -0.15) is 26.3 Å². The Kier molecular flexibility index (Phi) is 5.68. The SMILES string of the molecule is [O-]/[N+]1=[N+](\[O-])c2ccc(OCC(F)(F)F)cc2CCc2cc(OCC(F)(F)F)ccc21. The molecule has 0 aromatic heterocycles. The third kappa shape index (κ3) is 5.24. The molecule has 162 valence electrons. The minimum Gasteiger partial charge on any atom is -0.561 e. The first-order chi connectivity index (χ1) is 13.9. The Morgan fingerprint density at radius 1 is 0.700 bits per heavy atom. The lowest BCUT2D eigenvalue weighted by Crippen LogP contribution is -2.20. The Hall–Kier alpha value is -3.18. The third-order valence-corrected chi connectivity index (χ3v) is 4.15. The van der Waals surface area contributed by atoms with Crippen molar-refractivity contribution in [3.8, 4) is 11.5 Å². The lowest BCUT2D eigenvalue weighted by atomic mass is 10.0. The summed E-state index contributed by atoms with van der Waals surface area (Å²) >= 11 is 0. The van der Waals surface area contributed by atoms with Crippen molar-refractivity contribution < 1.29 is 45.5 Å². The number of hydrogen-bond acceptors (Lipinski definition) is 4. The molecule has 0 amide bonds. The van der Waals surface area contributed by atoms with Crippen LogP contribution in [0.1, 0.15) is 11.1 Å². The standard InChI is InChI=1S/C18H14F6N2O4/c19-17(20,21)9-29-13-3-5-15-11(7-13)1-2-12-8-14(30-10-18(22,23)24)4-6-16(12)26(28)25(15)27/h3-8H,1-2,9-10H2/b26-25-. The molecule has 0 atom stereocenters. The highest BCUT2D eigenvalue weighted by molar-refractivity contribution is 5.49. The van der Waals surface area contributed by atoms with Crippen LogP contribution in [0.15, 0.2) is 36.4 Å². The van der Waals surface area contributed by atoms with Gasteiger partial charge < -0.3 is 19.9 Å². The monoisotopic (exact) mass is 436 g/mol. The molecule has 0 fully saturated rings. The van der Waals surface area contributed by atoms with Crippen LogP contribution in [0, 0.1) is 10.4 Å². The minimum absolute atomic E-state index is 0.0110. The number of hydrogen-bond donors (Lipinski definition) is 0. The van der Waals surface area contributed by atoms with E-state index in [4.69, 9.17) is 0 Å². The summed E-state index contributed by atoms with van der Waals surface area (Å²) in [6.07, 6.45) is -8.85. The van der Waals surface area contributed by atoms with Crippen LogP contribution >= 0.6 is 0 Å². The summed E-state index contributed by atoms with van der Waals surface area (Å²) < 4.78 is 83.4. The van der Waals surface area contributed by atoms with Gasteiger partial charge in [-0.05, 0) is 37.1 Å². The molecule has 0 saturated heterocycles. The normalized spacial score (nSPS) is 16.9. The maximum atomic E-state index is 12.5. The highest BCUT2D eigenvalue weighted by Crippen LogP contribution is 2.33. The van der Waals surface area contributed by atoms with Crippen LogP contribution in [0.5, 0.6) is 11.5 Å². The quantitative estimate of drug-likeness (QED) is 0.380. The first-order valence-corrected chi connectivity index (χ1v) is 8.52. The first kappa shape index (κ1) is 21.5. The number of nitrogens with zero attached hydrogens (tertiary/aromatic N) is 2. The second-order valence-electron chi connectivity index (χ2n) is 6.43. The van der Waals surface area contributed by atoms with Crippen molar-refractivity contribution in [1.82, 2.24) is 0 Å². The molecule has 1 heterocycles. The van der Waals surface area contributed by atoms with Gasteiger partial charge in [-0.15, -0.1) is 0 Å². The molecule has 0 saturated carbocycles. The summed E-state index contributed by atoms with van der Waals surface area (Å²) in [7, 11) is 0. The molecule has 1 aliphatic rings. The second-order valence-corrected chi connectivity index (χ2v) is 6.43. The van der Waals surface area contributed by atoms with E-state index < -0.39 is 25.6 Å². The van der Waals surface area contributed by atoms with E-state index in [9.17, 15) is 36.8 Å². The highest BCUT2D eigenvalue weighted by Gasteiger charge is 2.31. The van der Waals surface area contributed by atoms with E-state index in [-0.39, 0.29) is 56.6 Å². The number of aryl methyl sites for hydroxylation is 2. The summed E-state index contributed by atoms with van der Waals surface area (Å²) in [5, 5.41) is 24.9. The van der Waals surface area contributed by atoms with Gasteiger partial charge >= 0.3 is 12.4 Å². The van der Waals surface area contributed by atoms with Gasteiger partial charge in [0.15, 0.2) is 13.2 Å². The van der Waals surface area contributed by atoms with E-state index in [1.165, 1.54) is 24.3 Å². The van der Waals surface area contributed by atoms with Crippen molar-refractivity contribution in [3.63, 3.8) is 0 Å². The van der Waals surface area contributed by atoms with Crippen LogP contribution in [0.25, 0.3) is 0 Å². The lowest BCUT2D eigenvalue weighted by molar-refractivity contribution is -0.897. The topological polar surface area (TPSA) is 70.6 Å². The lowest BCUT2D eigenvalue weighted by Gasteiger charge is -2.16. The third-order valence-electron chi connectivity index (χ3n) is 4.15. The number of benzene rings is 2. The van der Waals surface area contributed by atoms with Crippen molar-refractivity contribution in [2.24, 2.45) is 0 Å². The maximum Gasteiger partial charge on any atom is 0.422 e. The van der Waals surface area contributed by atoms with Crippen molar-refractivity contribution in [3.05, 3.63) is 57.9 Å². The second kappa shape index (κ2) is 7.92. The number of azo groups is 1. The number of halogens is 6. The predicted molar refractivity (Wildman–Crippen MR) is 90.0 cm³/mol. The van der Waals surface area contributed by atoms with E-state index in [0.717, 1.165) is 12.1 Å².